The summed E-state index contributed by atoms with van der Waals surface area (Å²) in [6.45, 7) is 0.930. The van der Waals surface area contributed by atoms with E-state index >= 15 is 0 Å². The molecule has 0 bridgehead atoms. The number of nitrogens with zero attached hydrogens (tertiary/aromatic N) is 2. The second-order valence-electron chi connectivity index (χ2n) is 1.97. The molecule has 60 valence electrons. The lowest BCUT2D eigenvalue weighted by Crippen LogP contribution is -2.21. The predicted octanol–water partition coefficient (Wildman–Crippen LogP) is 1.97. The molecule has 0 aromatic rings. The molecule has 0 aromatic heterocycles. The van der Waals surface area contributed by atoms with Crippen LogP contribution in [0.3, 0.4) is 0 Å². The Morgan fingerprint density at radius 1 is 1.70 bits per heavy atom. The van der Waals surface area contributed by atoms with Crippen molar-refractivity contribution in [1.82, 2.24) is 0 Å². The van der Waals surface area contributed by atoms with E-state index in [1.165, 1.54) is 0 Å². The zero-order valence-corrected chi connectivity index (χ0v) is 5.76. The monoisotopic (exact) mass is 152 g/mol. The first-order chi connectivity index (χ1) is 4.76. The van der Waals surface area contributed by atoms with E-state index in [1.54, 1.807) is 6.92 Å². The maximum atomic E-state index is 11.8. The molecule has 0 heterocycles. The standard InChI is InChI=1S/C5H10F2N2O/c1-2-3-5(4-6)9(10)8-7/h5H,2-4H2,1H3. The summed E-state index contributed by atoms with van der Waals surface area (Å²) in [7, 11) is 0. The SMILES string of the molecule is CCCC(CF)[N+]([O-])=NF. The maximum Gasteiger partial charge on any atom is 0.220 e. The van der Waals surface area contributed by atoms with Gasteiger partial charge in [0, 0.05) is 6.42 Å². The van der Waals surface area contributed by atoms with Crippen molar-refractivity contribution in [3.05, 3.63) is 5.21 Å². The third-order valence-corrected chi connectivity index (χ3v) is 1.19. The third-order valence-electron chi connectivity index (χ3n) is 1.19. The second-order valence-corrected chi connectivity index (χ2v) is 1.97. The van der Waals surface area contributed by atoms with E-state index in [1.807, 2.05) is 5.34 Å². The van der Waals surface area contributed by atoms with Crippen LogP contribution in [0.1, 0.15) is 19.8 Å². The molecule has 0 aliphatic heterocycles. The van der Waals surface area contributed by atoms with Crippen molar-refractivity contribution in [2.75, 3.05) is 6.67 Å². The van der Waals surface area contributed by atoms with Gasteiger partial charge in [0.1, 0.15) is 0 Å². The summed E-state index contributed by atoms with van der Waals surface area (Å²) in [5.74, 6) is 0. The summed E-state index contributed by atoms with van der Waals surface area (Å²) in [6.07, 6.45) is 0.969. The van der Waals surface area contributed by atoms with E-state index in [-0.39, 0.29) is 4.86 Å². The van der Waals surface area contributed by atoms with Crippen LogP contribution in [-0.2, 0) is 0 Å². The van der Waals surface area contributed by atoms with Crippen LogP contribution in [0, 0.1) is 5.21 Å². The maximum absolute atomic E-state index is 11.8. The Bertz CT molecular complexity index is 118. The minimum atomic E-state index is -0.949. The van der Waals surface area contributed by atoms with Gasteiger partial charge < -0.3 is 5.21 Å². The molecule has 0 aliphatic rings. The van der Waals surface area contributed by atoms with Crippen molar-refractivity contribution >= 4 is 0 Å². The molecule has 0 saturated carbocycles. The Kier molecular flexibility index (Phi) is 4.70. The zero-order chi connectivity index (χ0) is 7.98. The molecule has 0 aliphatic carbocycles. The van der Waals surface area contributed by atoms with Gasteiger partial charge in [-0.25, -0.2) is 4.39 Å². The van der Waals surface area contributed by atoms with Gasteiger partial charge in [-0.1, -0.05) is 11.8 Å². The summed E-state index contributed by atoms with van der Waals surface area (Å²) in [5, 5.41) is 12.1. The number of hydrogen-bond acceptors (Lipinski definition) is 2. The first-order valence-corrected chi connectivity index (χ1v) is 3.10. The van der Waals surface area contributed by atoms with Gasteiger partial charge >= 0.3 is 0 Å². The van der Waals surface area contributed by atoms with E-state index < -0.39 is 12.7 Å². The Morgan fingerprint density at radius 2 is 2.30 bits per heavy atom. The van der Waals surface area contributed by atoms with Crippen LogP contribution in [0.5, 0.6) is 0 Å². The molecule has 1 atom stereocenters. The van der Waals surface area contributed by atoms with Crippen LogP contribution in [0.15, 0.2) is 5.34 Å². The fourth-order valence-electron chi connectivity index (χ4n) is 0.642. The Morgan fingerprint density at radius 3 is 2.60 bits per heavy atom. The Balaban J connectivity index is 3.80. The number of alkyl halides is 1. The highest BCUT2D eigenvalue weighted by molar-refractivity contribution is 4.50. The summed E-state index contributed by atoms with van der Waals surface area (Å²) < 4.78 is 23.0. The minimum Gasteiger partial charge on any atom is -0.598 e. The quantitative estimate of drug-likeness (QED) is 0.345. The topological polar surface area (TPSA) is 38.4 Å². The van der Waals surface area contributed by atoms with Gasteiger partial charge in [0.25, 0.3) is 0 Å². The summed E-state index contributed by atoms with van der Waals surface area (Å²) in [4.78, 5) is -0.233. The van der Waals surface area contributed by atoms with Gasteiger partial charge in [-0.15, -0.1) is 0 Å². The average Bonchev–Trinajstić information content (AvgIpc) is 1.99. The van der Waals surface area contributed by atoms with Crippen molar-refractivity contribution in [3.63, 3.8) is 0 Å². The third kappa shape index (κ3) is 2.70. The van der Waals surface area contributed by atoms with Crippen LogP contribution < -0.4 is 0 Å². The lowest BCUT2D eigenvalue weighted by molar-refractivity contribution is -0.585. The Labute approximate surface area is 57.9 Å². The van der Waals surface area contributed by atoms with E-state index in [0.29, 0.717) is 12.8 Å². The van der Waals surface area contributed by atoms with Gasteiger partial charge in [0.05, 0.1) is 0 Å². The van der Waals surface area contributed by atoms with Crippen molar-refractivity contribution < 1.29 is 13.7 Å². The Hall–Kier alpha value is -0.740. The normalized spacial score (nSPS) is 15.3. The predicted molar refractivity (Wildman–Crippen MR) is 31.8 cm³/mol. The molecule has 0 rings (SSSR count). The van der Waals surface area contributed by atoms with Crippen LogP contribution in [0.4, 0.5) is 8.87 Å². The highest BCUT2D eigenvalue weighted by atomic mass is 19.2. The zero-order valence-electron chi connectivity index (χ0n) is 5.76. The van der Waals surface area contributed by atoms with Crippen molar-refractivity contribution in [3.8, 4) is 0 Å². The molecule has 3 nitrogen and oxygen atoms in total. The van der Waals surface area contributed by atoms with Gasteiger partial charge in [-0.2, -0.15) is 0 Å². The first kappa shape index (κ1) is 9.26. The molecule has 0 amide bonds. The molecular formula is C5H10F2N2O. The molecule has 1 unspecified atom stereocenters. The second kappa shape index (κ2) is 5.08. The lowest BCUT2D eigenvalue weighted by atomic mass is 10.2. The largest absolute Gasteiger partial charge is 0.598 e. The van der Waals surface area contributed by atoms with E-state index in [4.69, 9.17) is 0 Å². The molecule has 0 saturated heterocycles. The van der Waals surface area contributed by atoms with Crippen LogP contribution in [-0.4, -0.2) is 17.6 Å². The summed E-state index contributed by atoms with van der Waals surface area (Å²) in [5.41, 5.74) is 0. The van der Waals surface area contributed by atoms with Crippen molar-refractivity contribution in [2.45, 2.75) is 25.8 Å². The first-order valence-electron chi connectivity index (χ1n) is 3.10. The summed E-state index contributed by atoms with van der Waals surface area (Å²) >= 11 is 0. The number of hydroxylamine groups is 1. The van der Waals surface area contributed by atoms with Gasteiger partial charge in [-0.3, -0.25) is 0 Å². The van der Waals surface area contributed by atoms with Crippen molar-refractivity contribution in [1.29, 1.82) is 0 Å². The van der Waals surface area contributed by atoms with Crippen molar-refractivity contribution in [2.24, 2.45) is 5.34 Å². The van der Waals surface area contributed by atoms with E-state index in [0.717, 1.165) is 0 Å². The number of rotatable bonds is 4. The average molecular weight is 152 g/mol. The lowest BCUT2D eigenvalue weighted by Gasteiger charge is -2.06. The van der Waals surface area contributed by atoms with Crippen LogP contribution in [0.2, 0.25) is 0 Å². The highest BCUT2D eigenvalue weighted by Crippen LogP contribution is 2.02. The fourth-order valence-corrected chi connectivity index (χ4v) is 0.642. The van der Waals surface area contributed by atoms with E-state index in [9.17, 15) is 14.1 Å². The number of hydrogen-bond donors (Lipinski definition) is 0. The molecule has 10 heavy (non-hydrogen) atoms. The molecular weight excluding hydrogens is 142 g/mol. The van der Waals surface area contributed by atoms with Gasteiger partial charge in [0.2, 0.25) is 6.04 Å². The van der Waals surface area contributed by atoms with Crippen LogP contribution >= 0.6 is 0 Å². The molecule has 0 fully saturated rings. The van der Waals surface area contributed by atoms with E-state index in [2.05, 4.69) is 0 Å². The number of halogens is 2. The smallest absolute Gasteiger partial charge is 0.220 e. The molecule has 0 aromatic carbocycles. The fraction of sp³-hybridized carbons (Fsp3) is 1.00. The molecule has 0 N–H and O–H groups in total. The van der Waals surface area contributed by atoms with Crippen LogP contribution in [0.25, 0.3) is 0 Å². The summed E-state index contributed by atoms with van der Waals surface area (Å²) in [6, 6.07) is -0.949. The minimum absolute atomic E-state index is 0.233. The molecule has 0 radical (unpaired) electrons. The van der Waals surface area contributed by atoms with Gasteiger partial charge in [-0.05, 0) is 10.9 Å². The molecule has 5 heteroatoms. The van der Waals surface area contributed by atoms with Gasteiger partial charge in [0.15, 0.2) is 12.0 Å². The molecule has 0 spiro atoms. The highest BCUT2D eigenvalue weighted by Gasteiger charge is 2.16.